The number of amides is 1. The molecule has 4 aliphatic rings. The summed E-state index contributed by atoms with van der Waals surface area (Å²) in [6.07, 6.45) is 6.45. The molecule has 0 saturated heterocycles. The van der Waals surface area contributed by atoms with Crippen molar-refractivity contribution >= 4 is 21.9 Å². The molecule has 4 fully saturated rings. The van der Waals surface area contributed by atoms with Crippen molar-refractivity contribution < 1.29 is 22.7 Å². The summed E-state index contributed by atoms with van der Waals surface area (Å²) in [4.78, 5) is 24.7. The van der Waals surface area contributed by atoms with Crippen LogP contribution in [0.25, 0.3) is 0 Å². The Kier molecular flexibility index (Phi) is 5.66. The van der Waals surface area contributed by atoms with Gasteiger partial charge in [0.2, 0.25) is 10.0 Å². The average molecular weight is 421 g/mol. The smallest absolute Gasteiger partial charge is 0.310 e. The first-order valence-corrected chi connectivity index (χ1v) is 11.9. The molecule has 158 valence electrons. The van der Waals surface area contributed by atoms with Crippen LogP contribution in [0.2, 0.25) is 0 Å². The van der Waals surface area contributed by atoms with Crippen LogP contribution in [0.1, 0.15) is 37.7 Å². The molecule has 7 nitrogen and oxygen atoms in total. The Labute approximate surface area is 171 Å². The number of benzene rings is 1. The van der Waals surface area contributed by atoms with E-state index in [9.17, 15) is 18.0 Å². The van der Waals surface area contributed by atoms with Gasteiger partial charge >= 0.3 is 5.97 Å². The highest BCUT2D eigenvalue weighted by Crippen LogP contribution is 2.56. The summed E-state index contributed by atoms with van der Waals surface area (Å²) < 4.78 is 27.9. The lowest BCUT2D eigenvalue weighted by Gasteiger charge is -2.53. The number of hydrogen-bond donors (Lipinski definition) is 2. The Balaban J connectivity index is 1.19. The van der Waals surface area contributed by atoms with Crippen molar-refractivity contribution in [2.24, 2.45) is 34.7 Å². The second-order valence-corrected chi connectivity index (χ2v) is 10.4. The minimum atomic E-state index is -3.70. The highest BCUT2D eigenvalue weighted by molar-refractivity contribution is 7.89. The van der Waals surface area contributed by atoms with E-state index >= 15 is 0 Å². The van der Waals surface area contributed by atoms with Crippen molar-refractivity contribution in [3.8, 4) is 0 Å². The molecule has 0 aromatic heterocycles. The second-order valence-electron chi connectivity index (χ2n) is 8.85. The Hall–Kier alpha value is -1.93. The van der Waals surface area contributed by atoms with E-state index in [1.54, 1.807) is 12.1 Å². The average Bonchev–Trinajstić information content (AvgIpc) is 2.65. The summed E-state index contributed by atoms with van der Waals surface area (Å²) in [6.45, 7) is 0.134. The minimum absolute atomic E-state index is 0.0204. The number of nitrogens with one attached hydrogen (secondary N) is 1. The van der Waals surface area contributed by atoms with Crippen molar-refractivity contribution in [3.05, 3.63) is 29.8 Å². The summed E-state index contributed by atoms with van der Waals surface area (Å²) in [7, 11) is -3.70. The van der Waals surface area contributed by atoms with Crippen molar-refractivity contribution in [1.29, 1.82) is 0 Å². The van der Waals surface area contributed by atoms with Crippen LogP contribution in [0.4, 0.5) is 0 Å². The van der Waals surface area contributed by atoms with Crippen LogP contribution in [0.3, 0.4) is 0 Å². The van der Waals surface area contributed by atoms with Crippen LogP contribution in [0.5, 0.6) is 0 Å². The highest BCUT2D eigenvalue weighted by Gasteiger charge is 2.51. The van der Waals surface area contributed by atoms with E-state index in [1.165, 1.54) is 18.6 Å². The molecule has 5 rings (SSSR count). The Morgan fingerprint density at radius 1 is 1.00 bits per heavy atom. The summed E-state index contributed by atoms with van der Waals surface area (Å²) in [6, 6.07) is 6.22. The fraction of sp³-hybridized carbons (Fsp3) is 0.619. The maximum Gasteiger partial charge on any atom is 0.310 e. The molecule has 1 aromatic rings. The lowest BCUT2D eigenvalue weighted by atomic mass is 9.52. The van der Waals surface area contributed by atoms with Gasteiger partial charge in [-0.3, -0.25) is 9.59 Å². The van der Waals surface area contributed by atoms with Crippen molar-refractivity contribution in [1.82, 2.24) is 5.32 Å². The maximum absolute atomic E-state index is 12.6. The predicted octanol–water partition coefficient (Wildman–Crippen LogP) is 1.61. The quantitative estimate of drug-likeness (QED) is 0.650. The molecule has 0 heterocycles. The van der Waals surface area contributed by atoms with Crippen molar-refractivity contribution in [2.75, 3.05) is 13.2 Å². The maximum atomic E-state index is 12.6. The first-order chi connectivity index (χ1) is 13.8. The van der Waals surface area contributed by atoms with Gasteiger partial charge in [-0.15, -0.1) is 0 Å². The number of ether oxygens (including phenoxy) is 1. The summed E-state index contributed by atoms with van der Waals surface area (Å²) in [5.74, 6) is 1.95. The van der Waals surface area contributed by atoms with E-state index in [2.05, 4.69) is 5.32 Å². The van der Waals surface area contributed by atoms with E-state index < -0.39 is 10.0 Å². The van der Waals surface area contributed by atoms with Gasteiger partial charge in [-0.25, -0.2) is 13.6 Å². The first-order valence-electron chi connectivity index (χ1n) is 10.3. The van der Waals surface area contributed by atoms with Gasteiger partial charge in [0.25, 0.3) is 5.91 Å². The third kappa shape index (κ3) is 4.64. The molecular weight excluding hydrogens is 392 g/mol. The largest absolute Gasteiger partial charge is 0.455 e. The normalized spacial score (nSPS) is 30.2. The van der Waals surface area contributed by atoms with Gasteiger partial charge in [0.05, 0.1) is 10.8 Å². The Morgan fingerprint density at radius 3 is 2.14 bits per heavy atom. The number of rotatable bonds is 7. The fourth-order valence-electron chi connectivity index (χ4n) is 5.79. The summed E-state index contributed by atoms with van der Waals surface area (Å²) in [5.41, 5.74) is 0.878. The molecule has 4 saturated carbocycles. The lowest BCUT2D eigenvalue weighted by Crippen LogP contribution is -2.48. The van der Waals surface area contributed by atoms with Crippen LogP contribution in [0.15, 0.2) is 29.2 Å². The standard InChI is InChI=1S/C21H28N2O5S/c22-29(26,27)18-3-1-13(2-4-18)5-6-23-19(24)12-28-21(25)20-16-8-14-7-15(10-16)11-17(20)9-14/h1-4,14-17,20H,5-12H2,(H,23,24)(H2,22,26,27). The molecular formula is C21H28N2O5S. The molecule has 0 spiro atoms. The van der Waals surface area contributed by atoms with E-state index in [0.717, 1.165) is 43.1 Å². The lowest BCUT2D eigenvalue weighted by molar-refractivity contribution is -0.164. The van der Waals surface area contributed by atoms with Crippen LogP contribution < -0.4 is 10.5 Å². The molecule has 0 radical (unpaired) electrons. The van der Waals surface area contributed by atoms with Gasteiger partial charge in [-0.1, -0.05) is 12.1 Å². The molecule has 4 aliphatic carbocycles. The number of primary sulfonamides is 1. The number of carbonyl (C=O) groups excluding carboxylic acids is 2. The van der Waals surface area contributed by atoms with Gasteiger partial charge < -0.3 is 10.1 Å². The van der Waals surface area contributed by atoms with Crippen LogP contribution >= 0.6 is 0 Å². The van der Waals surface area contributed by atoms with Gasteiger partial charge in [0, 0.05) is 6.54 Å². The van der Waals surface area contributed by atoms with Crippen molar-refractivity contribution in [2.45, 2.75) is 43.4 Å². The summed E-state index contributed by atoms with van der Waals surface area (Å²) >= 11 is 0. The number of carbonyl (C=O) groups is 2. The molecule has 29 heavy (non-hydrogen) atoms. The fourth-order valence-corrected chi connectivity index (χ4v) is 6.30. The van der Waals surface area contributed by atoms with Crippen LogP contribution in [-0.2, 0) is 30.8 Å². The zero-order valence-corrected chi connectivity index (χ0v) is 17.2. The minimum Gasteiger partial charge on any atom is -0.455 e. The Morgan fingerprint density at radius 2 is 1.59 bits per heavy atom. The topological polar surface area (TPSA) is 116 Å². The van der Waals surface area contributed by atoms with Crippen LogP contribution in [-0.4, -0.2) is 33.4 Å². The zero-order chi connectivity index (χ0) is 20.6. The van der Waals surface area contributed by atoms with Crippen LogP contribution in [0, 0.1) is 29.6 Å². The molecule has 1 aromatic carbocycles. The molecule has 0 atom stereocenters. The molecule has 0 aliphatic heterocycles. The molecule has 3 N–H and O–H groups in total. The van der Waals surface area contributed by atoms with Gasteiger partial charge in [-0.05, 0) is 79.9 Å². The third-order valence-corrected chi connectivity index (χ3v) is 7.76. The SMILES string of the molecule is NS(=O)(=O)c1ccc(CCNC(=O)COC(=O)C2C3CC4CC(C3)CC2C4)cc1. The number of hydrogen-bond acceptors (Lipinski definition) is 5. The van der Waals surface area contributed by atoms with E-state index in [4.69, 9.17) is 9.88 Å². The Bertz CT molecular complexity index is 853. The van der Waals surface area contributed by atoms with E-state index in [0.29, 0.717) is 24.8 Å². The number of nitrogens with two attached hydrogens (primary N) is 1. The van der Waals surface area contributed by atoms with Gasteiger partial charge in [-0.2, -0.15) is 0 Å². The molecule has 4 bridgehead atoms. The monoisotopic (exact) mass is 420 g/mol. The molecule has 8 heteroatoms. The highest BCUT2D eigenvalue weighted by atomic mass is 32.2. The summed E-state index contributed by atoms with van der Waals surface area (Å²) in [5, 5.41) is 7.81. The third-order valence-electron chi connectivity index (χ3n) is 6.83. The van der Waals surface area contributed by atoms with E-state index in [-0.39, 0.29) is 29.3 Å². The number of sulfonamides is 1. The predicted molar refractivity (Wildman–Crippen MR) is 106 cm³/mol. The zero-order valence-electron chi connectivity index (χ0n) is 16.4. The van der Waals surface area contributed by atoms with Gasteiger partial charge in [0.1, 0.15) is 0 Å². The van der Waals surface area contributed by atoms with E-state index in [1.807, 2.05) is 0 Å². The van der Waals surface area contributed by atoms with Gasteiger partial charge in [0.15, 0.2) is 6.61 Å². The number of esters is 1. The molecule has 1 amide bonds. The second kappa shape index (κ2) is 8.07. The van der Waals surface area contributed by atoms with Crippen molar-refractivity contribution in [3.63, 3.8) is 0 Å². The first kappa shape index (κ1) is 20.3. The molecule has 0 unspecified atom stereocenters.